The Bertz CT molecular complexity index is 5020. The number of aryl methyl sites for hydroxylation is 1. The molecule has 0 unspecified atom stereocenters. The van der Waals surface area contributed by atoms with E-state index >= 15 is 0 Å². The molecule has 0 radical (unpaired) electrons. The molecule has 0 saturated heterocycles. The Balaban J connectivity index is 0.000000139. The first-order valence-electron chi connectivity index (χ1n) is 30.4. The molecule has 3 aliphatic heterocycles. The lowest BCUT2D eigenvalue weighted by Gasteiger charge is -2.15. The van der Waals surface area contributed by atoms with Gasteiger partial charge in [-0.05, 0) is 86.0 Å². The van der Waals surface area contributed by atoms with Crippen molar-refractivity contribution in [3.63, 3.8) is 0 Å². The van der Waals surface area contributed by atoms with Crippen molar-refractivity contribution in [3.8, 4) is 85.2 Å². The van der Waals surface area contributed by atoms with Crippen molar-refractivity contribution in [1.29, 1.82) is 0 Å². The van der Waals surface area contributed by atoms with E-state index in [-0.39, 0.29) is 29.7 Å². The topological polar surface area (TPSA) is 356 Å². The van der Waals surface area contributed by atoms with E-state index in [4.69, 9.17) is 174 Å². The molecule has 14 rings (SSSR count). The number of fused-ring (bicyclic) bond motifs is 4. The van der Waals surface area contributed by atoms with Crippen LogP contribution in [0.4, 0.5) is 35.6 Å². The van der Waals surface area contributed by atoms with E-state index in [1.165, 1.54) is 42.0 Å². The van der Waals surface area contributed by atoms with E-state index in [0.717, 1.165) is 89.7 Å². The molecule has 0 saturated carbocycles. The molecule has 5 aromatic carbocycles. The summed E-state index contributed by atoms with van der Waals surface area (Å²) in [4.78, 5) is 47.9. The Labute approximate surface area is 653 Å². The van der Waals surface area contributed by atoms with E-state index in [2.05, 4.69) is 73.6 Å². The van der Waals surface area contributed by atoms with Gasteiger partial charge < -0.3 is 63.4 Å². The van der Waals surface area contributed by atoms with Crippen LogP contribution in [0.3, 0.4) is 0 Å². The van der Waals surface area contributed by atoms with E-state index in [1.54, 1.807) is 62.7 Å². The normalized spacial score (nSPS) is 12.1. The number of anilines is 6. The fourth-order valence-electron chi connectivity index (χ4n) is 11.0. The number of nitrogens with zero attached hydrogens (tertiary/aromatic N) is 11. The van der Waals surface area contributed by atoms with E-state index in [1.807, 2.05) is 31.6 Å². The number of halogens is 10. The number of aromatic nitrogens is 11. The summed E-state index contributed by atoms with van der Waals surface area (Å²) >= 11 is 66.5. The van der Waals surface area contributed by atoms with Crippen LogP contribution in [-0.4, -0.2) is 108 Å². The molecule has 6 aromatic heterocycles. The SMILES string of the molecule is C=C(N)c1cc2c(-c3c(Cl)cc(Cl)c4c3CCO4)nc(N)nc2s1.CCc1c(C)nc(N)nc1-c1c(Cl)cc(Cl)c2c1CCO2.CNc1cc(-c2c(Cl)cc(Cl)c3c2CCO3)nc(N)n1.COc1cc(-c2cc(SC)nc(N)n2)c(Cl)cc1Cl.COc1cc(-c2nc(N)nc(SC)n2)c(Cl)cc1Cl. The predicted molar refractivity (Wildman–Crippen MR) is 424 cm³/mol. The van der Waals surface area contributed by atoms with E-state index in [0.29, 0.717) is 156 Å². The minimum Gasteiger partial charge on any atom is -0.495 e. The number of nitrogen functional groups attached to an aromatic ring is 5. The summed E-state index contributed by atoms with van der Waals surface area (Å²) in [6, 6.07) is 17.2. The Morgan fingerprint density at radius 2 is 0.990 bits per heavy atom. The molecule has 0 aliphatic carbocycles. The second-order valence-corrected chi connectivity index (χ2v) is 28.5. The molecule has 11 aromatic rings. The highest BCUT2D eigenvalue weighted by atomic mass is 35.5. The zero-order valence-corrected chi connectivity index (χ0v) is 65.4. The van der Waals surface area contributed by atoms with Gasteiger partial charge in [0.1, 0.15) is 44.4 Å². The van der Waals surface area contributed by atoms with Crippen LogP contribution in [-0.2, 0) is 25.7 Å². The molecule has 23 nitrogen and oxygen atoms in total. The maximum absolute atomic E-state index is 6.49. The van der Waals surface area contributed by atoms with Gasteiger partial charge in [0.25, 0.3) is 0 Å². The Kier molecular flexibility index (Phi) is 25.8. The minimum absolute atomic E-state index is 0.138. The van der Waals surface area contributed by atoms with E-state index in [9.17, 15) is 0 Å². The lowest BCUT2D eigenvalue weighted by molar-refractivity contribution is 0.357. The second kappa shape index (κ2) is 34.1. The number of benzene rings is 5. The van der Waals surface area contributed by atoms with Crippen molar-refractivity contribution in [3.05, 3.63) is 150 Å². The zero-order valence-electron chi connectivity index (χ0n) is 55.4. The van der Waals surface area contributed by atoms with Crippen molar-refractivity contribution >= 4 is 202 Å². The van der Waals surface area contributed by atoms with Crippen LogP contribution in [0.1, 0.15) is 39.7 Å². The van der Waals surface area contributed by atoms with Crippen molar-refractivity contribution in [2.75, 3.05) is 87.6 Å². The Morgan fingerprint density at radius 1 is 0.515 bits per heavy atom. The molecule has 3 aliphatic rings. The highest BCUT2D eigenvalue weighted by Gasteiger charge is 2.30. The molecular formula is C67H60Cl10N18O5S3. The van der Waals surface area contributed by atoms with Gasteiger partial charge in [-0.25, -0.2) is 39.9 Å². The molecule has 103 heavy (non-hydrogen) atoms. The van der Waals surface area contributed by atoms with Crippen LogP contribution in [0, 0.1) is 6.92 Å². The summed E-state index contributed by atoms with van der Waals surface area (Å²) in [5.41, 5.74) is 46.4. The van der Waals surface area contributed by atoms with Gasteiger partial charge in [-0.2, -0.15) is 15.0 Å². The highest BCUT2D eigenvalue weighted by molar-refractivity contribution is 7.98. The summed E-state index contributed by atoms with van der Waals surface area (Å²) in [6.07, 6.45) is 6.77. The standard InChI is InChI=1S/C16H12Cl2N4OS.C15H15Cl2N3O.C13H12Cl2N4O.C12H11Cl2N3OS.C11H10Cl2N4OS/c1-6(19)11-4-8-13(21-16(20)22-15(8)24-11)12-7-2-3-23-14(7)10(18)5-9(12)17;1-3-8-7(2)19-15(18)20-13(8)12-9-4-5-21-14(9)11(17)6-10(12)16;1-17-10-5-9(18-13(16)19-10)11-6-2-3-20-12(6)8(15)4-7(11)14;1-18-10-3-6(7(13)4-8(10)14)9-5-11(19-2)17-12(15)16-9;1-18-8-3-5(6(12)4-7(8)13)9-15-10(14)17-11(16-9)19-2/h4-5H,1-3,19H2,(H2,20,21,22);6H,3-5H2,1-2H3,(H2,18,19,20);4-5H,2-3H2,1H3,(H3,16,17,18,19);3-5H,1-2H3,(H2,15,16,17);3-4H,1-2H3,(H2,14,15,16,17). The fourth-order valence-corrected chi connectivity index (χ4v) is 15.7. The van der Waals surface area contributed by atoms with Crippen LogP contribution in [0.2, 0.25) is 50.2 Å². The number of methoxy groups -OCH3 is 2. The lowest BCUT2D eigenvalue weighted by Crippen LogP contribution is -2.05. The van der Waals surface area contributed by atoms with Crippen molar-refractivity contribution in [2.24, 2.45) is 5.73 Å². The zero-order chi connectivity index (χ0) is 74.4. The summed E-state index contributed by atoms with van der Waals surface area (Å²) < 4.78 is 27.1. The minimum atomic E-state index is 0.138. The van der Waals surface area contributed by atoms with Crippen molar-refractivity contribution in [1.82, 2.24) is 54.8 Å². The van der Waals surface area contributed by atoms with Crippen molar-refractivity contribution in [2.45, 2.75) is 49.7 Å². The number of nitrogens with one attached hydrogen (secondary N) is 1. The first kappa shape index (κ1) is 77.9. The summed E-state index contributed by atoms with van der Waals surface area (Å²) in [6.45, 7) is 9.51. The van der Waals surface area contributed by atoms with Crippen molar-refractivity contribution < 1.29 is 23.7 Å². The third-order valence-electron chi connectivity index (χ3n) is 15.4. The molecular weight excluding hydrogens is 1590 g/mol. The smallest absolute Gasteiger partial charge is 0.224 e. The summed E-state index contributed by atoms with van der Waals surface area (Å²) in [7, 11) is 4.83. The van der Waals surface area contributed by atoms with Crippen LogP contribution in [0.5, 0.6) is 28.7 Å². The Morgan fingerprint density at radius 3 is 1.52 bits per heavy atom. The van der Waals surface area contributed by atoms with Crippen LogP contribution in [0.15, 0.2) is 77.4 Å². The predicted octanol–water partition coefficient (Wildman–Crippen LogP) is 17.9. The fraction of sp³-hybridized carbons (Fsp3) is 0.209. The number of hydrogen-bond acceptors (Lipinski definition) is 26. The maximum Gasteiger partial charge on any atom is 0.224 e. The second-order valence-electron chi connectivity index (χ2n) is 21.8. The largest absolute Gasteiger partial charge is 0.495 e. The number of hydrogen-bond donors (Lipinski definition) is 7. The highest BCUT2D eigenvalue weighted by Crippen LogP contribution is 2.49. The first-order chi connectivity index (χ1) is 49.2. The Hall–Kier alpha value is -7.67. The molecule has 36 heteroatoms. The molecule has 0 atom stereocenters. The molecule has 9 heterocycles. The van der Waals surface area contributed by atoms with Gasteiger partial charge in [-0.3, -0.25) is 0 Å². The van der Waals surface area contributed by atoms with Gasteiger partial charge in [0.05, 0.1) is 112 Å². The van der Waals surface area contributed by atoms with Gasteiger partial charge in [0.15, 0.2) is 11.0 Å². The number of thioether (sulfide) groups is 2. The average Bonchev–Trinajstić information content (AvgIpc) is 1.68. The van der Waals surface area contributed by atoms with Gasteiger partial charge in [0, 0.05) is 93.7 Å². The van der Waals surface area contributed by atoms with Crippen LogP contribution in [0.25, 0.3) is 72.3 Å². The number of thiophene rings is 1. The number of rotatable bonds is 12. The van der Waals surface area contributed by atoms with Gasteiger partial charge >= 0.3 is 0 Å². The molecule has 0 bridgehead atoms. The number of nitrogens with two attached hydrogens (primary N) is 6. The number of ether oxygens (including phenoxy) is 5. The summed E-state index contributed by atoms with van der Waals surface area (Å²) in [5, 5.41) is 9.98. The third-order valence-corrected chi connectivity index (χ3v) is 20.7. The maximum atomic E-state index is 6.49. The quantitative estimate of drug-likeness (QED) is 0.0441. The summed E-state index contributed by atoms with van der Waals surface area (Å²) in [5.74, 6) is 5.02. The molecule has 13 N–H and O–H groups in total. The van der Waals surface area contributed by atoms with E-state index < -0.39 is 0 Å². The van der Waals surface area contributed by atoms with Gasteiger partial charge in [-0.15, -0.1) is 23.1 Å². The molecule has 0 spiro atoms. The van der Waals surface area contributed by atoms with Gasteiger partial charge in [0.2, 0.25) is 29.7 Å². The molecule has 0 amide bonds. The van der Waals surface area contributed by atoms with Crippen LogP contribution >= 0.6 is 151 Å². The lowest BCUT2D eigenvalue weighted by atomic mass is 9.96. The molecule has 0 fully saturated rings. The average molecular weight is 1650 g/mol. The monoisotopic (exact) mass is 1640 g/mol. The first-order valence-corrected chi connectivity index (χ1v) is 37.4. The third kappa shape index (κ3) is 17.5. The van der Waals surface area contributed by atoms with Crippen LogP contribution < -0.4 is 63.4 Å². The molecule has 536 valence electrons. The van der Waals surface area contributed by atoms with Gasteiger partial charge in [-0.1, -0.05) is 141 Å².